The smallest absolute Gasteiger partial charge is 0.257 e. The van der Waals surface area contributed by atoms with Gasteiger partial charge in [-0.2, -0.15) is 4.98 Å². The maximum absolute atomic E-state index is 5.61. The summed E-state index contributed by atoms with van der Waals surface area (Å²) in [7, 11) is 0. The van der Waals surface area contributed by atoms with Crippen molar-refractivity contribution < 1.29 is 14.0 Å². The van der Waals surface area contributed by atoms with Gasteiger partial charge in [0, 0.05) is 25.1 Å². The highest BCUT2D eigenvalue weighted by molar-refractivity contribution is 5.59. The Labute approximate surface area is 116 Å². The number of rotatable bonds is 2. The van der Waals surface area contributed by atoms with Gasteiger partial charge in [-0.05, 0) is 23.8 Å². The summed E-state index contributed by atoms with van der Waals surface area (Å²) in [6, 6.07) is 5.99. The summed E-state index contributed by atoms with van der Waals surface area (Å²) in [5.41, 5.74) is 2.15. The van der Waals surface area contributed by atoms with Crippen molar-refractivity contribution in [1.29, 1.82) is 0 Å². The normalized spacial score (nSPS) is 21.5. The zero-order valence-electron chi connectivity index (χ0n) is 11.0. The number of ether oxygens (including phenoxy) is 2. The average molecular weight is 273 g/mol. The molecule has 0 saturated carbocycles. The van der Waals surface area contributed by atoms with E-state index in [1.807, 2.05) is 12.1 Å². The Kier molecular flexibility index (Phi) is 2.90. The summed E-state index contributed by atoms with van der Waals surface area (Å²) in [6.07, 6.45) is 0.784. The van der Waals surface area contributed by atoms with E-state index in [-0.39, 0.29) is 6.10 Å². The molecule has 2 aromatic rings. The Morgan fingerprint density at radius 1 is 1.25 bits per heavy atom. The van der Waals surface area contributed by atoms with Gasteiger partial charge in [-0.1, -0.05) is 5.16 Å². The molecule has 0 radical (unpaired) electrons. The highest BCUT2D eigenvalue weighted by atomic mass is 16.5. The van der Waals surface area contributed by atoms with Gasteiger partial charge in [0.15, 0.2) is 0 Å². The van der Waals surface area contributed by atoms with Crippen LogP contribution in [0.15, 0.2) is 22.7 Å². The van der Waals surface area contributed by atoms with Crippen molar-refractivity contribution in [3.63, 3.8) is 0 Å². The lowest BCUT2D eigenvalue weighted by Gasteiger charge is -2.19. The second-order valence-electron chi connectivity index (χ2n) is 4.94. The molecule has 3 heterocycles. The zero-order chi connectivity index (χ0) is 13.4. The van der Waals surface area contributed by atoms with Gasteiger partial charge in [0.25, 0.3) is 5.89 Å². The molecule has 20 heavy (non-hydrogen) atoms. The first kappa shape index (κ1) is 11.9. The molecule has 0 amide bonds. The summed E-state index contributed by atoms with van der Waals surface area (Å²) in [5, 5.41) is 7.30. The Bertz CT molecular complexity index is 620. The van der Waals surface area contributed by atoms with E-state index in [1.165, 1.54) is 5.56 Å². The lowest BCUT2D eigenvalue weighted by molar-refractivity contribution is 0.00755. The molecule has 1 aromatic carbocycles. The number of aromatic nitrogens is 2. The van der Waals surface area contributed by atoms with E-state index >= 15 is 0 Å². The van der Waals surface area contributed by atoms with E-state index in [0.717, 1.165) is 30.9 Å². The summed E-state index contributed by atoms with van der Waals surface area (Å²) in [5.74, 6) is 2.09. The Morgan fingerprint density at radius 3 is 3.15 bits per heavy atom. The molecule has 4 rings (SSSR count). The van der Waals surface area contributed by atoms with Crippen molar-refractivity contribution >= 4 is 0 Å². The molecule has 1 aromatic heterocycles. The SMILES string of the molecule is c1cc2c(cc1-c1noc([C@H]3CNCCO3)n1)CCO2. The van der Waals surface area contributed by atoms with Crippen molar-refractivity contribution in [2.24, 2.45) is 0 Å². The van der Waals surface area contributed by atoms with Crippen molar-refractivity contribution in [2.45, 2.75) is 12.5 Å². The van der Waals surface area contributed by atoms with Crippen LogP contribution in [0, 0.1) is 0 Å². The van der Waals surface area contributed by atoms with Crippen molar-refractivity contribution in [2.75, 3.05) is 26.3 Å². The fourth-order valence-corrected chi connectivity index (χ4v) is 2.53. The average Bonchev–Trinajstić information content (AvgIpc) is 3.16. The summed E-state index contributed by atoms with van der Waals surface area (Å²) < 4.78 is 16.4. The van der Waals surface area contributed by atoms with E-state index in [0.29, 0.717) is 24.9 Å². The van der Waals surface area contributed by atoms with Crippen LogP contribution >= 0.6 is 0 Å². The topological polar surface area (TPSA) is 69.4 Å². The highest BCUT2D eigenvalue weighted by Gasteiger charge is 2.23. The molecule has 1 atom stereocenters. The lowest BCUT2D eigenvalue weighted by atomic mass is 10.1. The Morgan fingerprint density at radius 2 is 2.25 bits per heavy atom. The maximum atomic E-state index is 5.61. The standard InChI is InChI=1S/C14H15N3O3/c1-2-11-9(3-5-18-11)7-10(1)13-16-14(20-17-13)12-8-15-4-6-19-12/h1-2,7,12,15H,3-6,8H2/t12-/m1/s1. The van der Waals surface area contributed by atoms with Gasteiger partial charge in [0.05, 0.1) is 13.2 Å². The van der Waals surface area contributed by atoms with E-state index in [4.69, 9.17) is 14.0 Å². The van der Waals surface area contributed by atoms with E-state index < -0.39 is 0 Å². The lowest BCUT2D eigenvalue weighted by Crippen LogP contribution is -2.33. The molecule has 1 fully saturated rings. The van der Waals surface area contributed by atoms with Crippen LogP contribution in [-0.4, -0.2) is 36.4 Å². The van der Waals surface area contributed by atoms with Gasteiger partial charge >= 0.3 is 0 Å². The maximum Gasteiger partial charge on any atom is 0.257 e. The molecule has 2 aliphatic heterocycles. The van der Waals surface area contributed by atoms with Crippen LogP contribution in [0.5, 0.6) is 5.75 Å². The third-order valence-corrected chi connectivity index (χ3v) is 3.59. The first-order valence-electron chi connectivity index (χ1n) is 6.82. The first-order valence-corrected chi connectivity index (χ1v) is 6.82. The van der Waals surface area contributed by atoms with Crippen molar-refractivity contribution in [1.82, 2.24) is 15.5 Å². The van der Waals surface area contributed by atoms with Gasteiger partial charge in [-0.15, -0.1) is 0 Å². The molecule has 0 unspecified atom stereocenters. The van der Waals surface area contributed by atoms with Gasteiger partial charge in [0.2, 0.25) is 5.82 Å². The quantitative estimate of drug-likeness (QED) is 0.890. The second kappa shape index (κ2) is 4.88. The third-order valence-electron chi connectivity index (χ3n) is 3.59. The molecule has 6 nitrogen and oxygen atoms in total. The van der Waals surface area contributed by atoms with Gasteiger partial charge < -0.3 is 19.3 Å². The number of nitrogens with zero attached hydrogens (tertiary/aromatic N) is 2. The van der Waals surface area contributed by atoms with Crippen LogP contribution in [0.25, 0.3) is 11.4 Å². The summed E-state index contributed by atoms with van der Waals surface area (Å²) >= 11 is 0. The molecule has 2 aliphatic rings. The number of fused-ring (bicyclic) bond motifs is 1. The Balaban J connectivity index is 1.61. The molecule has 0 bridgehead atoms. The van der Waals surface area contributed by atoms with Crippen LogP contribution in [0.2, 0.25) is 0 Å². The molecular formula is C14H15N3O3. The summed E-state index contributed by atoms with van der Waals surface area (Å²) in [6.45, 7) is 2.98. The molecule has 1 N–H and O–H groups in total. The van der Waals surface area contributed by atoms with Crippen LogP contribution in [-0.2, 0) is 11.2 Å². The number of morpholine rings is 1. The van der Waals surface area contributed by atoms with Gasteiger partial charge in [-0.25, -0.2) is 0 Å². The monoisotopic (exact) mass is 273 g/mol. The molecule has 0 spiro atoms. The summed E-state index contributed by atoms with van der Waals surface area (Å²) in [4.78, 5) is 4.45. The second-order valence-corrected chi connectivity index (χ2v) is 4.94. The van der Waals surface area contributed by atoms with E-state index in [9.17, 15) is 0 Å². The third kappa shape index (κ3) is 2.07. The number of hydrogen-bond acceptors (Lipinski definition) is 6. The van der Waals surface area contributed by atoms with Gasteiger partial charge in [0.1, 0.15) is 11.9 Å². The van der Waals surface area contributed by atoms with Crippen LogP contribution in [0.4, 0.5) is 0 Å². The number of hydrogen-bond donors (Lipinski definition) is 1. The number of nitrogens with one attached hydrogen (secondary N) is 1. The minimum atomic E-state index is -0.150. The highest BCUT2D eigenvalue weighted by Crippen LogP contribution is 2.30. The largest absolute Gasteiger partial charge is 0.493 e. The molecule has 1 saturated heterocycles. The van der Waals surface area contributed by atoms with E-state index in [2.05, 4.69) is 21.5 Å². The van der Waals surface area contributed by atoms with Crippen LogP contribution < -0.4 is 10.1 Å². The Hall–Kier alpha value is -1.92. The van der Waals surface area contributed by atoms with Crippen LogP contribution in [0.3, 0.4) is 0 Å². The molecular weight excluding hydrogens is 258 g/mol. The minimum absolute atomic E-state index is 0.150. The van der Waals surface area contributed by atoms with Crippen molar-refractivity contribution in [3.05, 3.63) is 29.7 Å². The molecule has 6 heteroatoms. The predicted molar refractivity (Wildman–Crippen MR) is 70.5 cm³/mol. The van der Waals surface area contributed by atoms with Crippen LogP contribution in [0.1, 0.15) is 17.6 Å². The van der Waals surface area contributed by atoms with E-state index in [1.54, 1.807) is 0 Å². The zero-order valence-corrected chi connectivity index (χ0v) is 11.0. The fraction of sp³-hybridized carbons (Fsp3) is 0.429. The fourth-order valence-electron chi connectivity index (χ4n) is 2.53. The minimum Gasteiger partial charge on any atom is -0.493 e. The van der Waals surface area contributed by atoms with Gasteiger partial charge in [-0.3, -0.25) is 0 Å². The first-order chi connectivity index (χ1) is 9.90. The van der Waals surface area contributed by atoms with Crippen molar-refractivity contribution in [3.8, 4) is 17.1 Å². The number of benzene rings is 1. The predicted octanol–water partition coefficient (Wildman–Crippen LogP) is 1.33. The molecule has 104 valence electrons. The molecule has 0 aliphatic carbocycles.